The fourth-order valence-corrected chi connectivity index (χ4v) is 4.24. The molecule has 3 heterocycles. The SMILES string of the molecule is O=C(N1CCOCC1)N1CCC(Cn2nc3c(cc2=O)CCCC3)CC1. The maximum atomic E-state index is 12.6. The van der Waals surface area contributed by atoms with Gasteiger partial charge < -0.3 is 14.5 Å². The summed E-state index contributed by atoms with van der Waals surface area (Å²) in [6.07, 6.45) is 6.17. The summed E-state index contributed by atoms with van der Waals surface area (Å²) in [5, 5.41) is 4.64. The van der Waals surface area contributed by atoms with Gasteiger partial charge in [-0.1, -0.05) is 0 Å². The molecule has 1 aromatic rings. The van der Waals surface area contributed by atoms with Crippen LogP contribution in [0.3, 0.4) is 0 Å². The number of likely N-dealkylation sites (tertiary alicyclic amines) is 1. The molecule has 142 valence electrons. The molecule has 0 atom stereocenters. The van der Waals surface area contributed by atoms with Gasteiger partial charge in [-0.3, -0.25) is 4.79 Å². The normalized spacial score (nSPS) is 21.5. The van der Waals surface area contributed by atoms with Gasteiger partial charge in [-0.15, -0.1) is 0 Å². The van der Waals surface area contributed by atoms with Crippen LogP contribution in [0.25, 0.3) is 0 Å². The van der Waals surface area contributed by atoms with Crippen LogP contribution in [0.1, 0.15) is 36.9 Å². The maximum Gasteiger partial charge on any atom is 0.320 e. The lowest BCUT2D eigenvalue weighted by molar-refractivity contribution is 0.0396. The second-order valence-electron chi connectivity index (χ2n) is 7.66. The van der Waals surface area contributed by atoms with E-state index >= 15 is 0 Å². The monoisotopic (exact) mass is 360 g/mol. The second-order valence-corrected chi connectivity index (χ2v) is 7.66. The highest BCUT2D eigenvalue weighted by atomic mass is 16.5. The molecule has 2 fully saturated rings. The van der Waals surface area contributed by atoms with Crippen LogP contribution in [0.15, 0.2) is 10.9 Å². The number of rotatable bonds is 2. The molecule has 4 rings (SSSR count). The van der Waals surface area contributed by atoms with Crippen LogP contribution in [-0.2, 0) is 24.1 Å². The number of morpholine rings is 1. The van der Waals surface area contributed by atoms with E-state index < -0.39 is 0 Å². The molecule has 3 aliphatic rings. The third kappa shape index (κ3) is 3.77. The number of hydrogen-bond donors (Lipinski definition) is 0. The van der Waals surface area contributed by atoms with Gasteiger partial charge in [0.1, 0.15) is 0 Å². The zero-order chi connectivity index (χ0) is 17.9. The Hall–Kier alpha value is -1.89. The van der Waals surface area contributed by atoms with Gasteiger partial charge in [0, 0.05) is 38.8 Å². The third-order valence-corrected chi connectivity index (χ3v) is 5.87. The standard InChI is InChI=1S/C19H28N4O3/c24-18-13-16-3-1-2-4-17(16)20-23(18)14-15-5-7-21(8-6-15)19(25)22-9-11-26-12-10-22/h13,15H,1-12,14H2. The molecular formula is C19H28N4O3. The third-order valence-electron chi connectivity index (χ3n) is 5.87. The minimum atomic E-state index is 0.0254. The number of piperidine rings is 1. The zero-order valence-electron chi connectivity index (χ0n) is 15.4. The van der Waals surface area contributed by atoms with Gasteiger partial charge in [-0.25, -0.2) is 9.48 Å². The highest BCUT2D eigenvalue weighted by molar-refractivity contribution is 5.74. The summed E-state index contributed by atoms with van der Waals surface area (Å²) < 4.78 is 6.98. The van der Waals surface area contributed by atoms with Crippen molar-refractivity contribution in [1.29, 1.82) is 0 Å². The molecule has 0 N–H and O–H groups in total. The number of carbonyl (C=O) groups excluding carboxylic acids is 1. The molecular weight excluding hydrogens is 332 g/mol. The van der Waals surface area contributed by atoms with Crippen LogP contribution in [-0.4, -0.2) is 65.0 Å². The summed E-state index contributed by atoms with van der Waals surface area (Å²) in [7, 11) is 0. The number of amides is 2. The van der Waals surface area contributed by atoms with E-state index in [0.717, 1.165) is 56.5 Å². The molecule has 26 heavy (non-hydrogen) atoms. The molecule has 2 saturated heterocycles. The lowest BCUT2D eigenvalue weighted by Crippen LogP contribution is -2.50. The fourth-order valence-electron chi connectivity index (χ4n) is 4.24. The zero-order valence-corrected chi connectivity index (χ0v) is 15.4. The van der Waals surface area contributed by atoms with Crippen molar-refractivity contribution in [2.75, 3.05) is 39.4 Å². The average Bonchev–Trinajstić information content (AvgIpc) is 2.69. The first-order valence-corrected chi connectivity index (χ1v) is 9.92. The first kappa shape index (κ1) is 17.5. The molecule has 0 unspecified atom stereocenters. The highest BCUT2D eigenvalue weighted by Crippen LogP contribution is 2.21. The molecule has 7 heteroatoms. The summed E-state index contributed by atoms with van der Waals surface area (Å²) in [6, 6.07) is 1.93. The van der Waals surface area contributed by atoms with Gasteiger partial charge in [0.05, 0.1) is 18.9 Å². The number of nitrogens with zero attached hydrogens (tertiary/aromatic N) is 4. The first-order chi connectivity index (χ1) is 12.7. The van der Waals surface area contributed by atoms with Crippen LogP contribution in [0.5, 0.6) is 0 Å². The Morgan fingerprint density at radius 1 is 1.08 bits per heavy atom. The Labute approximate surface area is 153 Å². The first-order valence-electron chi connectivity index (χ1n) is 9.92. The molecule has 0 spiro atoms. The van der Waals surface area contributed by atoms with Gasteiger partial charge >= 0.3 is 6.03 Å². The number of urea groups is 1. The number of carbonyl (C=O) groups is 1. The van der Waals surface area contributed by atoms with Crippen molar-refractivity contribution in [3.05, 3.63) is 27.7 Å². The Kier molecular flexibility index (Phi) is 5.24. The molecule has 2 aliphatic heterocycles. The number of fused-ring (bicyclic) bond motifs is 1. The van der Waals surface area contributed by atoms with E-state index in [-0.39, 0.29) is 11.6 Å². The summed E-state index contributed by atoms with van der Waals surface area (Å²) in [5.41, 5.74) is 2.27. The predicted octanol–water partition coefficient (Wildman–Crippen LogP) is 1.29. The smallest absolute Gasteiger partial charge is 0.320 e. The van der Waals surface area contributed by atoms with Gasteiger partial charge in [0.15, 0.2) is 0 Å². The Bertz CT molecular complexity index is 703. The molecule has 7 nitrogen and oxygen atoms in total. The van der Waals surface area contributed by atoms with E-state index in [2.05, 4.69) is 5.10 Å². The second kappa shape index (κ2) is 7.78. The quantitative estimate of drug-likeness (QED) is 0.797. The molecule has 0 saturated carbocycles. The van der Waals surface area contributed by atoms with Crippen molar-refractivity contribution < 1.29 is 9.53 Å². The van der Waals surface area contributed by atoms with Gasteiger partial charge in [-0.2, -0.15) is 5.10 Å². The van der Waals surface area contributed by atoms with Gasteiger partial charge in [0.25, 0.3) is 5.56 Å². The van der Waals surface area contributed by atoms with Crippen LogP contribution < -0.4 is 5.56 Å². The summed E-state index contributed by atoms with van der Waals surface area (Å²) >= 11 is 0. The number of aromatic nitrogens is 2. The molecule has 2 amide bonds. The van der Waals surface area contributed by atoms with Crippen LogP contribution in [0.4, 0.5) is 4.79 Å². The van der Waals surface area contributed by atoms with Crippen LogP contribution in [0, 0.1) is 5.92 Å². The Morgan fingerprint density at radius 2 is 1.77 bits per heavy atom. The van der Waals surface area contributed by atoms with Crippen LogP contribution in [0.2, 0.25) is 0 Å². The van der Waals surface area contributed by atoms with Gasteiger partial charge in [0.2, 0.25) is 0 Å². The van der Waals surface area contributed by atoms with E-state index in [1.165, 1.54) is 6.42 Å². The van der Waals surface area contributed by atoms with E-state index in [4.69, 9.17) is 4.74 Å². The van der Waals surface area contributed by atoms with E-state index in [1.807, 2.05) is 9.80 Å². The van der Waals surface area contributed by atoms with Crippen molar-refractivity contribution in [2.24, 2.45) is 5.92 Å². The topological polar surface area (TPSA) is 67.7 Å². The fraction of sp³-hybridized carbons (Fsp3) is 0.737. The highest BCUT2D eigenvalue weighted by Gasteiger charge is 2.28. The summed E-state index contributed by atoms with van der Waals surface area (Å²) in [4.78, 5) is 28.8. The van der Waals surface area contributed by atoms with Crippen LogP contribution >= 0.6 is 0 Å². The summed E-state index contributed by atoms with van der Waals surface area (Å²) in [6.45, 7) is 4.84. The van der Waals surface area contributed by atoms with E-state index in [9.17, 15) is 9.59 Å². The number of aryl methyl sites for hydroxylation is 2. The molecule has 0 bridgehead atoms. The Morgan fingerprint density at radius 3 is 2.54 bits per heavy atom. The minimum absolute atomic E-state index is 0.0254. The van der Waals surface area contributed by atoms with Gasteiger partial charge in [-0.05, 0) is 50.0 Å². The maximum absolute atomic E-state index is 12.6. The van der Waals surface area contributed by atoms with Crippen molar-refractivity contribution in [3.63, 3.8) is 0 Å². The van der Waals surface area contributed by atoms with E-state index in [1.54, 1.807) is 10.7 Å². The molecule has 0 radical (unpaired) electrons. The lowest BCUT2D eigenvalue weighted by Gasteiger charge is -2.37. The van der Waals surface area contributed by atoms with Crippen molar-refractivity contribution in [3.8, 4) is 0 Å². The summed E-state index contributed by atoms with van der Waals surface area (Å²) in [5.74, 6) is 0.413. The van der Waals surface area contributed by atoms with Crippen molar-refractivity contribution in [2.45, 2.75) is 45.1 Å². The molecule has 1 aliphatic carbocycles. The average molecular weight is 360 g/mol. The number of ether oxygens (including phenoxy) is 1. The minimum Gasteiger partial charge on any atom is -0.378 e. The number of hydrogen-bond acceptors (Lipinski definition) is 4. The molecule has 0 aromatic carbocycles. The largest absolute Gasteiger partial charge is 0.378 e. The van der Waals surface area contributed by atoms with E-state index in [0.29, 0.717) is 38.8 Å². The lowest BCUT2D eigenvalue weighted by atomic mass is 9.96. The predicted molar refractivity (Wildman–Crippen MR) is 97.2 cm³/mol. The molecule has 1 aromatic heterocycles. The van der Waals surface area contributed by atoms with Crippen molar-refractivity contribution in [1.82, 2.24) is 19.6 Å². The van der Waals surface area contributed by atoms with Crippen molar-refractivity contribution >= 4 is 6.03 Å². The Balaban J connectivity index is 1.34.